The number of carbonyl (C=O) groups excluding carboxylic acids is 1. The molecule has 1 aromatic rings. The number of hydrogen-bond donors (Lipinski definition) is 2. The van der Waals surface area contributed by atoms with Gasteiger partial charge in [0.2, 0.25) is 0 Å². The summed E-state index contributed by atoms with van der Waals surface area (Å²) in [5.41, 5.74) is 1.46. The summed E-state index contributed by atoms with van der Waals surface area (Å²) in [7, 11) is -4.74. The molecular weight excluding hydrogens is 276 g/mol. The number of amides is 2. The largest absolute Gasteiger partial charge is 0.418 e. The molecule has 2 aliphatic heterocycles. The quantitative estimate of drug-likeness (QED) is 0.733. The van der Waals surface area contributed by atoms with Crippen LogP contribution in [0.1, 0.15) is 5.56 Å². The van der Waals surface area contributed by atoms with E-state index in [-0.39, 0.29) is 0 Å². The van der Waals surface area contributed by atoms with E-state index in [2.05, 4.69) is 14.5 Å². The lowest BCUT2D eigenvalue weighted by atomic mass is 9.99. The molecule has 0 aromatic carbocycles. The SMILES string of the molecule is O=C1N2CC=C(c3cn[nH]c3)C(C2)N1OS(=O)(=O)O. The third kappa shape index (κ3) is 2.09. The number of rotatable bonds is 3. The van der Waals surface area contributed by atoms with Crippen molar-refractivity contribution in [3.8, 4) is 0 Å². The molecule has 3 heterocycles. The first-order valence-electron chi connectivity index (χ1n) is 5.40. The molecular formula is C9H10N4O5S. The Balaban J connectivity index is 1.95. The Labute approximate surface area is 108 Å². The van der Waals surface area contributed by atoms with E-state index in [0.29, 0.717) is 18.2 Å². The Morgan fingerprint density at radius 3 is 2.95 bits per heavy atom. The van der Waals surface area contributed by atoms with E-state index >= 15 is 0 Å². The van der Waals surface area contributed by atoms with Gasteiger partial charge in [-0.3, -0.25) is 9.65 Å². The van der Waals surface area contributed by atoms with E-state index in [4.69, 9.17) is 4.55 Å². The van der Waals surface area contributed by atoms with Crippen LogP contribution in [0.3, 0.4) is 0 Å². The van der Waals surface area contributed by atoms with E-state index in [1.807, 2.05) is 0 Å². The summed E-state index contributed by atoms with van der Waals surface area (Å²) in [5, 5.41) is 7.12. The summed E-state index contributed by atoms with van der Waals surface area (Å²) in [6.07, 6.45) is 5.00. The number of aromatic amines is 1. The van der Waals surface area contributed by atoms with Gasteiger partial charge in [0.15, 0.2) is 0 Å². The lowest BCUT2D eigenvalue weighted by Crippen LogP contribution is -2.36. The van der Waals surface area contributed by atoms with Gasteiger partial charge in [0.1, 0.15) is 6.04 Å². The highest BCUT2D eigenvalue weighted by molar-refractivity contribution is 7.80. The molecule has 2 amide bonds. The predicted octanol–water partition coefficient (Wildman–Crippen LogP) is -0.353. The van der Waals surface area contributed by atoms with Crippen LogP contribution in [0.15, 0.2) is 18.5 Å². The number of aromatic nitrogens is 2. The number of fused-ring (bicyclic) bond motifs is 2. The van der Waals surface area contributed by atoms with Gasteiger partial charge in [0.05, 0.1) is 12.7 Å². The molecule has 10 heteroatoms. The van der Waals surface area contributed by atoms with Gasteiger partial charge in [-0.2, -0.15) is 18.6 Å². The fourth-order valence-corrected chi connectivity index (χ4v) is 2.63. The van der Waals surface area contributed by atoms with Crippen LogP contribution in [0, 0.1) is 0 Å². The van der Waals surface area contributed by atoms with E-state index in [1.54, 1.807) is 18.5 Å². The van der Waals surface area contributed by atoms with Crippen LogP contribution in [0.2, 0.25) is 0 Å². The van der Waals surface area contributed by atoms with Gasteiger partial charge in [-0.25, -0.2) is 4.79 Å². The van der Waals surface area contributed by atoms with Crippen LogP contribution in [-0.2, 0) is 14.7 Å². The minimum Gasteiger partial charge on any atom is -0.317 e. The third-order valence-electron chi connectivity index (χ3n) is 3.03. The van der Waals surface area contributed by atoms with E-state index in [9.17, 15) is 13.2 Å². The number of hydroxylamine groups is 2. The van der Waals surface area contributed by atoms with Crippen molar-refractivity contribution < 1.29 is 22.0 Å². The maximum absolute atomic E-state index is 11.9. The first-order chi connectivity index (χ1) is 8.96. The molecule has 2 bridgehead atoms. The normalized spacial score (nSPS) is 22.9. The average Bonchev–Trinajstić information content (AvgIpc) is 2.93. The smallest absolute Gasteiger partial charge is 0.317 e. The maximum Gasteiger partial charge on any atom is 0.418 e. The number of nitrogens with zero attached hydrogens (tertiary/aromatic N) is 3. The fourth-order valence-electron chi connectivity index (χ4n) is 2.26. The van der Waals surface area contributed by atoms with Gasteiger partial charge in [-0.15, -0.1) is 4.28 Å². The van der Waals surface area contributed by atoms with E-state index in [0.717, 1.165) is 11.1 Å². The molecule has 2 aliphatic rings. The second-order valence-electron chi connectivity index (χ2n) is 4.18. The molecule has 2 N–H and O–H groups in total. The average molecular weight is 286 g/mol. The number of H-pyrrole nitrogens is 1. The molecule has 102 valence electrons. The van der Waals surface area contributed by atoms with Crippen LogP contribution >= 0.6 is 0 Å². The van der Waals surface area contributed by atoms with Crippen molar-refractivity contribution >= 4 is 22.0 Å². The number of hydrogen-bond acceptors (Lipinski definition) is 5. The Bertz CT molecular complexity index is 638. The highest BCUT2D eigenvalue weighted by Gasteiger charge is 2.45. The molecule has 1 saturated heterocycles. The Kier molecular flexibility index (Phi) is 2.59. The number of carbonyl (C=O) groups is 1. The van der Waals surface area contributed by atoms with Gasteiger partial charge in [0.25, 0.3) is 0 Å². The van der Waals surface area contributed by atoms with Crippen LogP contribution in [0.5, 0.6) is 0 Å². The fraction of sp³-hybridized carbons (Fsp3) is 0.333. The molecule has 3 rings (SSSR count). The molecule has 0 radical (unpaired) electrons. The third-order valence-corrected chi connectivity index (χ3v) is 3.38. The van der Waals surface area contributed by atoms with Gasteiger partial charge < -0.3 is 4.90 Å². The van der Waals surface area contributed by atoms with Crippen molar-refractivity contribution in [2.45, 2.75) is 6.04 Å². The monoisotopic (exact) mass is 286 g/mol. The highest BCUT2D eigenvalue weighted by atomic mass is 32.3. The molecule has 1 atom stereocenters. The minimum atomic E-state index is -4.74. The van der Waals surface area contributed by atoms with Crippen LogP contribution < -0.4 is 0 Å². The molecule has 0 saturated carbocycles. The topological polar surface area (TPSA) is 116 Å². The summed E-state index contributed by atoms with van der Waals surface area (Å²) in [5.74, 6) is 0. The van der Waals surface area contributed by atoms with Crippen molar-refractivity contribution in [3.63, 3.8) is 0 Å². The predicted molar refractivity (Wildman–Crippen MR) is 61.8 cm³/mol. The van der Waals surface area contributed by atoms with E-state index in [1.165, 1.54) is 4.90 Å². The van der Waals surface area contributed by atoms with Crippen molar-refractivity contribution in [3.05, 3.63) is 24.0 Å². The highest BCUT2D eigenvalue weighted by Crippen LogP contribution is 2.32. The van der Waals surface area contributed by atoms with Crippen LogP contribution in [0.25, 0.3) is 5.57 Å². The first-order valence-corrected chi connectivity index (χ1v) is 6.76. The second-order valence-corrected chi connectivity index (χ2v) is 5.18. The summed E-state index contributed by atoms with van der Waals surface area (Å²) >= 11 is 0. The van der Waals surface area contributed by atoms with Crippen LogP contribution in [-0.4, -0.2) is 58.3 Å². The molecule has 19 heavy (non-hydrogen) atoms. The first kappa shape index (κ1) is 12.1. The van der Waals surface area contributed by atoms with Gasteiger partial charge in [0, 0.05) is 18.3 Å². The summed E-state index contributed by atoms with van der Waals surface area (Å²) in [6, 6.07) is -1.20. The van der Waals surface area contributed by atoms with Crippen molar-refractivity contribution in [2.75, 3.05) is 13.1 Å². The molecule has 1 unspecified atom stereocenters. The van der Waals surface area contributed by atoms with Crippen molar-refractivity contribution in [1.29, 1.82) is 0 Å². The number of nitrogens with one attached hydrogen (secondary N) is 1. The molecule has 0 spiro atoms. The van der Waals surface area contributed by atoms with Crippen molar-refractivity contribution in [1.82, 2.24) is 20.2 Å². The number of urea groups is 1. The van der Waals surface area contributed by atoms with Gasteiger partial charge in [-0.1, -0.05) is 6.08 Å². The standard InChI is InChI=1S/C9H10N4O5S/c14-9-12-2-1-7(6-3-10-11-4-6)8(5-12)13(9)18-19(15,16)17/h1,3-4,8H,2,5H2,(H,10,11)(H,15,16,17). The Morgan fingerprint density at radius 2 is 2.32 bits per heavy atom. The molecule has 1 aromatic heterocycles. The van der Waals surface area contributed by atoms with Gasteiger partial charge in [-0.05, 0) is 5.57 Å². The zero-order valence-corrected chi connectivity index (χ0v) is 10.4. The van der Waals surface area contributed by atoms with Crippen LogP contribution in [0.4, 0.5) is 4.79 Å². The molecule has 1 fully saturated rings. The molecule has 0 aliphatic carbocycles. The minimum absolute atomic E-state index is 0.297. The summed E-state index contributed by atoms with van der Waals surface area (Å²) < 4.78 is 34.7. The zero-order valence-electron chi connectivity index (χ0n) is 9.55. The van der Waals surface area contributed by atoms with E-state index < -0.39 is 22.5 Å². The zero-order chi connectivity index (χ0) is 13.6. The molecule has 9 nitrogen and oxygen atoms in total. The lowest BCUT2D eigenvalue weighted by Gasteiger charge is -2.22. The Morgan fingerprint density at radius 1 is 1.53 bits per heavy atom. The summed E-state index contributed by atoms with van der Waals surface area (Å²) in [4.78, 5) is 13.3. The summed E-state index contributed by atoms with van der Waals surface area (Å²) in [6.45, 7) is 0.645. The lowest BCUT2D eigenvalue weighted by molar-refractivity contribution is -0.0160. The van der Waals surface area contributed by atoms with Gasteiger partial charge >= 0.3 is 16.4 Å². The maximum atomic E-state index is 11.9. The Hall–Kier alpha value is -1.91. The van der Waals surface area contributed by atoms with Crippen molar-refractivity contribution in [2.24, 2.45) is 0 Å². The second kappa shape index (κ2) is 4.05.